The second kappa shape index (κ2) is 6.11. The number of carbonyl (C=O) groups is 1. The summed E-state index contributed by atoms with van der Waals surface area (Å²) in [7, 11) is 0. The highest BCUT2D eigenvalue weighted by atomic mass is 35.5. The normalized spacial score (nSPS) is 10.3. The molecular weight excluding hydrogens is 304 g/mol. The van der Waals surface area contributed by atoms with Crippen LogP contribution in [0, 0.1) is 5.82 Å². The van der Waals surface area contributed by atoms with Gasteiger partial charge in [0.2, 0.25) is 0 Å². The third-order valence-corrected chi connectivity index (χ3v) is 3.25. The molecule has 0 spiro atoms. The van der Waals surface area contributed by atoms with Gasteiger partial charge >= 0.3 is 5.97 Å². The monoisotopic (exact) mass is 313 g/mol. The van der Waals surface area contributed by atoms with Gasteiger partial charge in [0.25, 0.3) is 0 Å². The fourth-order valence-corrected chi connectivity index (χ4v) is 2.08. The fourth-order valence-electron chi connectivity index (χ4n) is 1.63. The van der Waals surface area contributed by atoms with Crippen molar-refractivity contribution in [3.05, 3.63) is 63.4 Å². The predicted molar refractivity (Wildman–Crippen MR) is 76.4 cm³/mol. The Bertz CT molecular complexity index is 641. The third-order valence-electron chi connectivity index (χ3n) is 2.64. The Labute approximate surface area is 125 Å². The summed E-state index contributed by atoms with van der Waals surface area (Å²) < 4.78 is 18.6. The van der Waals surface area contributed by atoms with Crippen LogP contribution < -0.4 is 5.73 Å². The van der Waals surface area contributed by atoms with Gasteiger partial charge in [-0.15, -0.1) is 0 Å². The Hall–Kier alpha value is -1.78. The predicted octanol–water partition coefficient (Wildman–Crippen LogP) is 4.07. The van der Waals surface area contributed by atoms with Gasteiger partial charge in [0.1, 0.15) is 18.0 Å². The smallest absolute Gasteiger partial charge is 0.342 e. The zero-order chi connectivity index (χ0) is 14.7. The Morgan fingerprint density at radius 2 is 1.80 bits per heavy atom. The Balaban J connectivity index is 2.15. The third kappa shape index (κ3) is 3.03. The molecule has 2 rings (SSSR count). The highest BCUT2D eigenvalue weighted by Crippen LogP contribution is 2.24. The van der Waals surface area contributed by atoms with E-state index in [0.29, 0.717) is 0 Å². The van der Waals surface area contributed by atoms with Crippen molar-refractivity contribution in [1.29, 1.82) is 0 Å². The molecule has 0 aliphatic heterocycles. The molecule has 0 saturated carbocycles. The van der Waals surface area contributed by atoms with Crippen molar-refractivity contribution in [3.63, 3.8) is 0 Å². The molecular formula is C14H10Cl2FNO2. The van der Waals surface area contributed by atoms with Crippen LogP contribution in [0.1, 0.15) is 15.9 Å². The zero-order valence-electron chi connectivity index (χ0n) is 10.2. The van der Waals surface area contributed by atoms with Crippen LogP contribution >= 0.6 is 23.2 Å². The summed E-state index contributed by atoms with van der Waals surface area (Å²) in [5.41, 5.74) is 6.11. The number of hydrogen-bond donors (Lipinski definition) is 1. The van der Waals surface area contributed by atoms with Gasteiger partial charge in [-0.2, -0.15) is 0 Å². The maximum absolute atomic E-state index is 13.6. The summed E-state index contributed by atoms with van der Waals surface area (Å²) in [6.45, 7) is -0.254. The van der Waals surface area contributed by atoms with Gasteiger partial charge in [0.15, 0.2) is 0 Å². The molecule has 3 nitrogen and oxygen atoms in total. The van der Waals surface area contributed by atoms with Crippen LogP contribution in [0.5, 0.6) is 0 Å². The van der Waals surface area contributed by atoms with Crippen molar-refractivity contribution in [2.45, 2.75) is 6.61 Å². The fraction of sp³-hybridized carbons (Fsp3) is 0.0714. The molecule has 0 heterocycles. The minimum Gasteiger partial charge on any atom is -0.457 e. The number of ether oxygens (including phenoxy) is 1. The zero-order valence-corrected chi connectivity index (χ0v) is 11.7. The largest absolute Gasteiger partial charge is 0.457 e. The minimum absolute atomic E-state index is 0.0317. The standard InChI is InChI=1S/C14H10Cl2FNO2/c15-9-4-2-6-11(18)12(9)14(19)20-7-8-3-1-5-10(16)13(8)17/h1-6H,7,18H2. The van der Waals surface area contributed by atoms with E-state index in [1.54, 1.807) is 12.1 Å². The van der Waals surface area contributed by atoms with Crippen molar-refractivity contribution >= 4 is 34.9 Å². The lowest BCUT2D eigenvalue weighted by atomic mass is 10.2. The highest BCUT2D eigenvalue weighted by Gasteiger charge is 2.16. The Kier molecular flexibility index (Phi) is 4.47. The molecule has 2 aromatic carbocycles. The number of benzene rings is 2. The quantitative estimate of drug-likeness (QED) is 0.686. The summed E-state index contributed by atoms with van der Waals surface area (Å²) in [5, 5.41) is 0.150. The molecule has 2 N–H and O–H groups in total. The number of halogens is 3. The lowest BCUT2D eigenvalue weighted by Crippen LogP contribution is -2.09. The van der Waals surface area contributed by atoms with Crippen LogP contribution in [0.3, 0.4) is 0 Å². The summed E-state index contributed by atoms with van der Waals surface area (Å²) in [4.78, 5) is 11.9. The minimum atomic E-state index is -0.715. The molecule has 0 aliphatic carbocycles. The van der Waals surface area contributed by atoms with Crippen molar-refractivity contribution in [2.24, 2.45) is 0 Å². The highest BCUT2D eigenvalue weighted by molar-refractivity contribution is 6.34. The first-order valence-electron chi connectivity index (χ1n) is 5.64. The molecule has 20 heavy (non-hydrogen) atoms. The lowest BCUT2D eigenvalue weighted by molar-refractivity contribution is 0.0470. The molecule has 0 aromatic heterocycles. The van der Waals surface area contributed by atoms with E-state index in [4.69, 9.17) is 33.7 Å². The SMILES string of the molecule is Nc1cccc(Cl)c1C(=O)OCc1cccc(Cl)c1F. The first kappa shape index (κ1) is 14.6. The van der Waals surface area contributed by atoms with Crippen molar-refractivity contribution in [1.82, 2.24) is 0 Å². The Morgan fingerprint density at radius 3 is 2.50 bits per heavy atom. The molecule has 0 saturated heterocycles. The van der Waals surface area contributed by atoms with E-state index < -0.39 is 11.8 Å². The van der Waals surface area contributed by atoms with Gasteiger partial charge in [-0.25, -0.2) is 9.18 Å². The molecule has 0 unspecified atom stereocenters. The van der Waals surface area contributed by atoms with Gasteiger partial charge < -0.3 is 10.5 Å². The van der Waals surface area contributed by atoms with E-state index in [9.17, 15) is 9.18 Å². The van der Waals surface area contributed by atoms with E-state index in [1.165, 1.54) is 24.3 Å². The molecule has 0 atom stereocenters. The average Bonchev–Trinajstić information content (AvgIpc) is 2.40. The van der Waals surface area contributed by atoms with E-state index >= 15 is 0 Å². The number of anilines is 1. The van der Waals surface area contributed by atoms with E-state index in [0.717, 1.165) is 0 Å². The van der Waals surface area contributed by atoms with Gasteiger partial charge in [-0.05, 0) is 18.2 Å². The maximum atomic E-state index is 13.6. The first-order valence-corrected chi connectivity index (χ1v) is 6.40. The van der Waals surface area contributed by atoms with Crippen molar-refractivity contribution in [2.75, 3.05) is 5.73 Å². The average molecular weight is 314 g/mol. The number of esters is 1. The molecule has 104 valence electrons. The van der Waals surface area contributed by atoms with Gasteiger partial charge in [0, 0.05) is 11.3 Å². The lowest BCUT2D eigenvalue weighted by Gasteiger charge is -2.09. The number of carbonyl (C=O) groups excluding carboxylic acids is 1. The van der Waals surface area contributed by atoms with Crippen LogP contribution in [0.15, 0.2) is 36.4 Å². The molecule has 6 heteroatoms. The van der Waals surface area contributed by atoms with Crippen LogP contribution in [-0.2, 0) is 11.3 Å². The number of rotatable bonds is 3. The van der Waals surface area contributed by atoms with Crippen LogP contribution in [0.4, 0.5) is 10.1 Å². The van der Waals surface area contributed by atoms with E-state index in [2.05, 4.69) is 0 Å². The summed E-state index contributed by atoms with van der Waals surface area (Å²) in [6, 6.07) is 9.12. The first-order chi connectivity index (χ1) is 9.50. The topological polar surface area (TPSA) is 52.3 Å². The van der Waals surface area contributed by atoms with Gasteiger partial charge in [-0.3, -0.25) is 0 Å². The van der Waals surface area contributed by atoms with Crippen molar-refractivity contribution in [3.8, 4) is 0 Å². The molecule has 0 fully saturated rings. The summed E-state index contributed by atoms with van der Waals surface area (Å²) in [5.74, 6) is -1.33. The van der Waals surface area contributed by atoms with E-state index in [-0.39, 0.29) is 33.5 Å². The molecule has 0 amide bonds. The Morgan fingerprint density at radius 1 is 1.15 bits per heavy atom. The van der Waals surface area contributed by atoms with Crippen LogP contribution in [0.2, 0.25) is 10.0 Å². The molecule has 0 aliphatic rings. The second-order valence-corrected chi connectivity index (χ2v) is 4.81. The molecule has 0 radical (unpaired) electrons. The number of nitrogen functional groups attached to an aromatic ring is 1. The summed E-state index contributed by atoms with van der Waals surface area (Å²) in [6.07, 6.45) is 0. The van der Waals surface area contributed by atoms with Crippen molar-refractivity contribution < 1.29 is 13.9 Å². The molecule has 0 bridgehead atoms. The van der Waals surface area contributed by atoms with Gasteiger partial charge in [-0.1, -0.05) is 41.4 Å². The maximum Gasteiger partial charge on any atom is 0.342 e. The number of nitrogens with two attached hydrogens (primary N) is 1. The second-order valence-electron chi connectivity index (χ2n) is 3.99. The van der Waals surface area contributed by atoms with E-state index in [1.807, 2.05) is 0 Å². The molecule has 2 aromatic rings. The van der Waals surface area contributed by atoms with Gasteiger partial charge in [0.05, 0.1) is 10.0 Å². The van der Waals surface area contributed by atoms with Crippen LogP contribution in [-0.4, -0.2) is 5.97 Å². The summed E-state index contributed by atoms with van der Waals surface area (Å²) >= 11 is 11.5. The van der Waals surface area contributed by atoms with Crippen LogP contribution in [0.25, 0.3) is 0 Å². The number of hydrogen-bond acceptors (Lipinski definition) is 3.